The summed E-state index contributed by atoms with van der Waals surface area (Å²) in [6.45, 7) is 1.08. The van der Waals surface area contributed by atoms with Crippen molar-refractivity contribution in [3.05, 3.63) is 41.0 Å². The molecule has 1 aromatic carbocycles. The molecule has 0 spiro atoms. The van der Waals surface area contributed by atoms with Crippen molar-refractivity contribution in [2.75, 3.05) is 18.9 Å². The smallest absolute Gasteiger partial charge is 0.315 e. The Bertz CT molecular complexity index is 860. The van der Waals surface area contributed by atoms with Crippen molar-refractivity contribution >= 4 is 27.3 Å². The number of aryl methyl sites for hydroxylation is 1. The van der Waals surface area contributed by atoms with Gasteiger partial charge in [-0.15, -0.1) is 0 Å². The summed E-state index contributed by atoms with van der Waals surface area (Å²) in [5.74, 6) is -0.739. The predicted octanol–water partition coefficient (Wildman–Crippen LogP) is 1.65. The van der Waals surface area contributed by atoms with Crippen LogP contribution in [0.25, 0.3) is 0 Å². The summed E-state index contributed by atoms with van der Waals surface area (Å²) in [6, 6.07) is 5.91. The second kappa shape index (κ2) is 8.15. The van der Waals surface area contributed by atoms with Gasteiger partial charge < -0.3 is 14.6 Å². The second-order valence-electron chi connectivity index (χ2n) is 5.88. The number of nitrogens with zero attached hydrogens (tertiary/aromatic N) is 2. The van der Waals surface area contributed by atoms with Crippen LogP contribution in [0.4, 0.5) is 0 Å². The van der Waals surface area contributed by atoms with Gasteiger partial charge >= 0.3 is 11.8 Å². The number of amides is 1. The number of benzene rings is 1. The maximum Gasteiger partial charge on any atom is 0.315 e. The van der Waals surface area contributed by atoms with Gasteiger partial charge in [0.2, 0.25) is 0 Å². The minimum atomic E-state index is -3.50. The van der Waals surface area contributed by atoms with E-state index in [0.717, 1.165) is 12.8 Å². The summed E-state index contributed by atoms with van der Waals surface area (Å²) in [5.41, 5.74) is 0. The van der Waals surface area contributed by atoms with E-state index >= 15 is 0 Å². The highest BCUT2D eigenvalue weighted by Gasteiger charge is 2.21. The number of carbonyl (C=O) groups excluding carboxylic acids is 1. The molecule has 3 rings (SSSR count). The molecule has 1 N–H and O–H groups in total. The quantitative estimate of drug-likeness (QED) is 0.753. The fraction of sp³-hybridized carbons (Fsp3) is 0.438. The maximum atomic E-state index is 12.3. The number of hydrogen-bond acceptors (Lipinski definition) is 7. The van der Waals surface area contributed by atoms with Gasteiger partial charge in [-0.3, -0.25) is 4.79 Å². The molecule has 0 bridgehead atoms. The van der Waals surface area contributed by atoms with Crippen molar-refractivity contribution in [3.63, 3.8) is 0 Å². The Morgan fingerprint density at radius 1 is 1.31 bits per heavy atom. The molecule has 10 heteroatoms. The topological polar surface area (TPSA) is 111 Å². The molecule has 0 aliphatic carbocycles. The van der Waals surface area contributed by atoms with Crippen molar-refractivity contribution in [2.24, 2.45) is 0 Å². The van der Waals surface area contributed by atoms with Crippen molar-refractivity contribution < 1.29 is 22.5 Å². The lowest BCUT2D eigenvalue weighted by molar-refractivity contribution is 0.0822. The zero-order valence-corrected chi connectivity index (χ0v) is 15.4. The van der Waals surface area contributed by atoms with E-state index in [2.05, 4.69) is 15.5 Å². The first-order valence-electron chi connectivity index (χ1n) is 8.15. The van der Waals surface area contributed by atoms with E-state index in [1.165, 1.54) is 24.3 Å². The zero-order valence-electron chi connectivity index (χ0n) is 13.9. The molecule has 8 nitrogen and oxygen atoms in total. The van der Waals surface area contributed by atoms with Crippen LogP contribution in [0.3, 0.4) is 0 Å². The number of hydrogen-bond donors (Lipinski definition) is 1. The van der Waals surface area contributed by atoms with E-state index in [9.17, 15) is 13.2 Å². The van der Waals surface area contributed by atoms with Gasteiger partial charge in [-0.25, -0.2) is 8.42 Å². The van der Waals surface area contributed by atoms with Gasteiger partial charge in [0.05, 0.1) is 16.8 Å². The summed E-state index contributed by atoms with van der Waals surface area (Å²) in [4.78, 5) is 16.1. The summed E-state index contributed by atoms with van der Waals surface area (Å²) in [5, 5.41) is 6.79. The fourth-order valence-electron chi connectivity index (χ4n) is 2.52. The van der Waals surface area contributed by atoms with Gasteiger partial charge in [0.25, 0.3) is 0 Å². The van der Waals surface area contributed by atoms with Crippen LogP contribution in [-0.2, 0) is 21.0 Å². The van der Waals surface area contributed by atoms with E-state index < -0.39 is 15.7 Å². The maximum absolute atomic E-state index is 12.3. The molecule has 0 unspecified atom stereocenters. The lowest BCUT2D eigenvalue weighted by Gasteiger charge is -2.08. The van der Waals surface area contributed by atoms with Crippen molar-refractivity contribution in [3.8, 4) is 0 Å². The third-order valence-electron chi connectivity index (χ3n) is 3.94. The average Bonchev–Trinajstić information content (AvgIpc) is 3.30. The molecule has 140 valence electrons. The average molecular weight is 400 g/mol. The van der Waals surface area contributed by atoms with Crippen LogP contribution in [0.1, 0.15) is 29.4 Å². The Labute approximate surface area is 155 Å². The predicted molar refractivity (Wildman–Crippen MR) is 92.8 cm³/mol. The van der Waals surface area contributed by atoms with E-state index in [4.69, 9.17) is 20.9 Å². The van der Waals surface area contributed by atoms with Gasteiger partial charge in [0.1, 0.15) is 0 Å². The normalized spacial score (nSPS) is 17.3. The monoisotopic (exact) mass is 399 g/mol. The van der Waals surface area contributed by atoms with Crippen LogP contribution in [0.5, 0.6) is 0 Å². The minimum Gasteiger partial charge on any atom is -0.376 e. The Morgan fingerprint density at radius 2 is 2.08 bits per heavy atom. The fourth-order valence-corrected chi connectivity index (χ4v) is 3.88. The third kappa shape index (κ3) is 4.80. The Morgan fingerprint density at radius 3 is 2.77 bits per heavy atom. The van der Waals surface area contributed by atoms with Crippen LogP contribution < -0.4 is 5.32 Å². The third-order valence-corrected chi connectivity index (χ3v) is 5.93. The molecule has 1 aliphatic heterocycles. The largest absolute Gasteiger partial charge is 0.376 e. The molecule has 1 atom stereocenters. The summed E-state index contributed by atoms with van der Waals surface area (Å²) in [7, 11) is -3.50. The van der Waals surface area contributed by atoms with Crippen LogP contribution in [0.2, 0.25) is 5.02 Å². The molecular formula is C16H18ClN3O5S. The molecule has 1 amide bonds. The summed E-state index contributed by atoms with van der Waals surface area (Å²) < 4.78 is 34.9. The van der Waals surface area contributed by atoms with Crippen LogP contribution in [0, 0.1) is 0 Å². The molecule has 1 fully saturated rings. The molecule has 0 radical (unpaired) electrons. The molecule has 1 saturated heterocycles. The van der Waals surface area contributed by atoms with E-state index in [0.29, 0.717) is 18.2 Å². The zero-order chi connectivity index (χ0) is 18.6. The number of sulfone groups is 1. The van der Waals surface area contributed by atoms with Gasteiger partial charge in [0, 0.05) is 24.6 Å². The van der Waals surface area contributed by atoms with Gasteiger partial charge in [0.15, 0.2) is 15.7 Å². The molecule has 26 heavy (non-hydrogen) atoms. The standard InChI is InChI=1S/C16H18ClN3O5S/c17-11-3-5-13(6-4-11)26(22,23)9-7-14-19-16(25-20-14)15(21)18-10-12-2-1-8-24-12/h3-6,12H,1-2,7-10H2,(H,18,21)/t12-/m1/s1. The Kier molecular flexibility index (Phi) is 5.90. The van der Waals surface area contributed by atoms with Crippen LogP contribution in [-0.4, -0.2) is 49.5 Å². The lowest BCUT2D eigenvalue weighted by Crippen LogP contribution is -2.31. The van der Waals surface area contributed by atoms with Crippen molar-refractivity contribution in [2.45, 2.75) is 30.3 Å². The van der Waals surface area contributed by atoms with E-state index in [1.54, 1.807) is 0 Å². The Hall–Kier alpha value is -1.97. The molecule has 1 aromatic heterocycles. The lowest BCUT2D eigenvalue weighted by atomic mass is 10.2. The van der Waals surface area contributed by atoms with Gasteiger partial charge in [-0.05, 0) is 37.1 Å². The molecular weight excluding hydrogens is 382 g/mol. The number of nitrogens with one attached hydrogen (secondary N) is 1. The molecule has 2 aromatic rings. The number of aromatic nitrogens is 2. The second-order valence-corrected chi connectivity index (χ2v) is 8.43. The first kappa shape index (κ1) is 18.8. The molecule has 0 saturated carbocycles. The summed E-state index contributed by atoms with van der Waals surface area (Å²) in [6.07, 6.45) is 1.92. The first-order valence-corrected chi connectivity index (χ1v) is 10.2. The number of rotatable bonds is 7. The molecule has 2 heterocycles. The molecule has 1 aliphatic rings. The van der Waals surface area contributed by atoms with Crippen molar-refractivity contribution in [1.82, 2.24) is 15.5 Å². The number of carbonyl (C=O) groups is 1. The highest BCUT2D eigenvalue weighted by atomic mass is 35.5. The highest BCUT2D eigenvalue weighted by Crippen LogP contribution is 2.16. The van der Waals surface area contributed by atoms with Crippen molar-refractivity contribution in [1.29, 1.82) is 0 Å². The van der Waals surface area contributed by atoms with Gasteiger partial charge in [-0.1, -0.05) is 16.8 Å². The highest BCUT2D eigenvalue weighted by molar-refractivity contribution is 7.91. The number of ether oxygens (including phenoxy) is 1. The van der Waals surface area contributed by atoms with Gasteiger partial charge in [-0.2, -0.15) is 4.98 Å². The first-order chi connectivity index (χ1) is 12.4. The number of halogens is 1. The van der Waals surface area contributed by atoms with E-state index in [1.807, 2.05) is 0 Å². The summed E-state index contributed by atoms with van der Waals surface area (Å²) >= 11 is 5.76. The SMILES string of the molecule is O=C(NC[C@H]1CCCO1)c1nc(CCS(=O)(=O)c2ccc(Cl)cc2)no1. The van der Waals surface area contributed by atoms with Crippen LogP contribution in [0.15, 0.2) is 33.7 Å². The van der Waals surface area contributed by atoms with Crippen LogP contribution >= 0.6 is 11.6 Å². The Balaban J connectivity index is 1.54. The minimum absolute atomic E-state index is 0.00543. The van der Waals surface area contributed by atoms with E-state index in [-0.39, 0.29) is 34.9 Å².